The molecule has 0 bridgehead atoms. The van der Waals surface area contributed by atoms with Crippen molar-refractivity contribution >= 4 is 33.8 Å². The van der Waals surface area contributed by atoms with E-state index < -0.39 is 0 Å². The fourth-order valence-corrected chi connectivity index (χ4v) is 3.25. The largest absolute Gasteiger partial charge is 0.383 e. The molecule has 0 atom stereocenters. The maximum atomic E-state index is 5.09. The highest BCUT2D eigenvalue weighted by molar-refractivity contribution is 5.84. The van der Waals surface area contributed by atoms with Crippen LogP contribution in [0.25, 0.3) is 22.1 Å². The summed E-state index contributed by atoms with van der Waals surface area (Å²) in [6.07, 6.45) is 4.69. The lowest BCUT2D eigenvalue weighted by Crippen LogP contribution is -2.12. The van der Waals surface area contributed by atoms with Gasteiger partial charge in [0.2, 0.25) is 5.95 Å². The van der Waals surface area contributed by atoms with Crippen molar-refractivity contribution in [2.45, 2.75) is 6.42 Å². The van der Waals surface area contributed by atoms with Gasteiger partial charge < -0.3 is 24.9 Å². The Morgan fingerprint density at radius 2 is 2.04 bits per heavy atom. The lowest BCUT2D eigenvalue weighted by atomic mass is 10.1. The highest BCUT2D eigenvalue weighted by atomic mass is 16.5. The number of nitrogens with one attached hydrogen (secondary N) is 3. The van der Waals surface area contributed by atoms with E-state index in [1.54, 1.807) is 13.4 Å². The van der Waals surface area contributed by atoms with Crippen LogP contribution in [0.15, 0.2) is 36.8 Å². The number of para-hydroxylation sites is 1. The number of fused-ring (bicyclic) bond motifs is 2. The van der Waals surface area contributed by atoms with Gasteiger partial charge in [0.1, 0.15) is 5.52 Å². The number of hydrogen-bond donors (Lipinski definition) is 3. The number of anilines is 2. The molecule has 27 heavy (non-hydrogen) atoms. The van der Waals surface area contributed by atoms with Crippen LogP contribution in [0.4, 0.5) is 11.8 Å². The molecule has 0 saturated heterocycles. The first-order valence-electron chi connectivity index (χ1n) is 8.97. The highest BCUT2D eigenvalue weighted by Gasteiger charge is 2.10. The van der Waals surface area contributed by atoms with Gasteiger partial charge >= 0.3 is 0 Å². The van der Waals surface area contributed by atoms with Gasteiger partial charge in [-0.1, -0.05) is 18.2 Å². The predicted octanol–water partition coefficient (Wildman–Crippen LogP) is 2.56. The van der Waals surface area contributed by atoms with Gasteiger partial charge in [0, 0.05) is 44.3 Å². The van der Waals surface area contributed by atoms with Crippen molar-refractivity contribution in [1.29, 1.82) is 0 Å². The van der Waals surface area contributed by atoms with Gasteiger partial charge in [-0.3, -0.25) is 0 Å². The molecule has 0 amide bonds. The molecule has 0 saturated carbocycles. The zero-order chi connectivity index (χ0) is 18.6. The minimum atomic E-state index is 0.565. The second kappa shape index (κ2) is 7.63. The fourth-order valence-electron chi connectivity index (χ4n) is 3.25. The van der Waals surface area contributed by atoms with Gasteiger partial charge in [-0.2, -0.15) is 9.97 Å². The molecule has 0 aliphatic carbocycles. The molecule has 0 unspecified atom stereocenters. The van der Waals surface area contributed by atoms with E-state index in [9.17, 15) is 0 Å². The van der Waals surface area contributed by atoms with Gasteiger partial charge in [0.25, 0.3) is 0 Å². The molecule has 4 rings (SSSR count). The van der Waals surface area contributed by atoms with Crippen LogP contribution in [0.1, 0.15) is 5.56 Å². The van der Waals surface area contributed by atoms with Gasteiger partial charge in [0.05, 0.1) is 12.9 Å². The molecule has 3 heterocycles. The lowest BCUT2D eigenvalue weighted by Gasteiger charge is -2.09. The molecule has 0 aliphatic rings. The smallest absolute Gasteiger partial charge is 0.226 e. The summed E-state index contributed by atoms with van der Waals surface area (Å²) >= 11 is 0. The van der Waals surface area contributed by atoms with Crippen molar-refractivity contribution in [2.75, 3.05) is 37.4 Å². The first kappa shape index (κ1) is 17.3. The summed E-state index contributed by atoms with van der Waals surface area (Å²) in [5, 5.41) is 7.87. The number of aromatic nitrogens is 5. The number of rotatable bonds is 8. The second-order valence-corrected chi connectivity index (χ2v) is 6.38. The summed E-state index contributed by atoms with van der Waals surface area (Å²) in [6, 6.07) is 8.44. The third-order valence-corrected chi connectivity index (χ3v) is 4.54. The summed E-state index contributed by atoms with van der Waals surface area (Å²) in [5.74, 6) is 1.29. The second-order valence-electron chi connectivity index (χ2n) is 6.38. The van der Waals surface area contributed by atoms with Crippen LogP contribution in [0.3, 0.4) is 0 Å². The van der Waals surface area contributed by atoms with Crippen LogP contribution < -0.4 is 10.6 Å². The Labute approximate surface area is 157 Å². The average molecular weight is 365 g/mol. The quantitative estimate of drug-likeness (QED) is 0.416. The van der Waals surface area contributed by atoms with Crippen molar-refractivity contribution < 1.29 is 4.74 Å². The Bertz CT molecular complexity index is 1050. The maximum Gasteiger partial charge on any atom is 0.226 e. The van der Waals surface area contributed by atoms with Crippen molar-refractivity contribution in [1.82, 2.24) is 24.5 Å². The van der Waals surface area contributed by atoms with Crippen molar-refractivity contribution in [2.24, 2.45) is 7.05 Å². The first-order chi connectivity index (χ1) is 13.3. The zero-order valence-electron chi connectivity index (χ0n) is 15.5. The van der Waals surface area contributed by atoms with Crippen LogP contribution >= 0.6 is 0 Å². The van der Waals surface area contributed by atoms with Gasteiger partial charge in [-0.05, 0) is 18.1 Å². The van der Waals surface area contributed by atoms with Gasteiger partial charge in [0.15, 0.2) is 11.5 Å². The first-order valence-corrected chi connectivity index (χ1v) is 8.97. The van der Waals surface area contributed by atoms with E-state index in [0.29, 0.717) is 24.7 Å². The molecule has 8 nitrogen and oxygen atoms in total. The SMILES string of the molecule is COCCNc1nc(NCCc2cn(C)c3ccccc23)nc2nc[nH]c12. The van der Waals surface area contributed by atoms with E-state index in [1.165, 1.54) is 16.5 Å². The number of ether oxygens (including phenoxy) is 1. The third kappa shape index (κ3) is 3.56. The molecular weight excluding hydrogens is 342 g/mol. The minimum Gasteiger partial charge on any atom is -0.383 e. The highest BCUT2D eigenvalue weighted by Crippen LogP contribution is 2.21. The summed E-state index contributed by atoms with van der Waals surface area (Å²) in [7, 11) is 3.75. The summed E-state index contributed by atoms with van der Waals surface area (Å²) in [6.45, 7) is 2.00. The molecule has 3 N–H and O–H groups in total. The Hall–Kier alpha value is -3.13. The molecule has 4 aromatic rings. The summed E-state index contributed by atoms with van der Waals surface area (Å²) in [4.78, 5) is 16.4. The predicted molar refractivity (Wildman–Crippen MR) is 107 cm³/mol. The van der Waals surface area contributed by atoms with Gasteiger partial charge in [-0.15, -0.1) is 0 Å². The van der Waals surface area contributed by atoms with Crippen LogP contribution in [0.2, 0.25) is 0 Å². The van der Waals surface area contributed by atoms with Crippen molar-refractivity contribution in [3.8, 4) is 0 Å². The summed E-state index contributed by atoms with van der Waals surface area (Å²) < 4.78 is 7.25. The van der Waals surface area contributed by atoms with Crippen LogP contribution in [-0.4, -0.2) is 51.3 Å². The summed E-state index contributed by atoms with van der Waals surface area (Å²) in [5.41, 5.74) is 3.98. The standard InChI is InChI=1S/C19H23N7O/c1-26-11-13(14-5-3-4-6-15(14)26)7-8-21-19-24-17(20-9-10-27-2)16-18(25-19)23-12-22-16/h3-6,11-12H,7-10H2,1-2H3,(H3,20,21,22,23,24,25). The van der Waals surface area contributed by atoms with E-state index in [-0.39, 0.29) is 0 Å². The van der Waals surface area contributed by atoms with E-state index in [4.69, 9.17) is 4.74 Å². The molecule has 0 aliphatic heterocycles. The number of aryl methyl sites for hydroxylation is 1. The number of aromatic amines is 1. The fraction of sp³-hybridized carbons (Fsp3) is 0.316. The monoisotopic (exact) mass is 365 g/mol. The van der Waals surface area contributed by atoms with Crippen LogP contribution in [0.5, 0.6) is 0 Å². The van der Waals surface area contributed by atoms with Gasteiger partial charge in [-0.25, -0.2) is 4.98 Å². The number of nitrogens with zero attached hydrogens (tertiary/aromatic N) is 4. The van der Waals surface area contributed by atoms with E-state index in [2.05, 4.69) is 72.6 Å². The number of methoxy groups -OCH3 is 1. The Morgan fingerprint density at radius 1 is 1.15 bits per heavy atom. The van der Waals surface area contributed by atoms with Crippen molar-refractivity contribution in [3.63, 3.8) is 0 Å². The van der Waals surface area contributed by atoms with Crippen LogP contribution in [-0.2, 0) is 18.2 Å². The molecule has 0 spiro atoms. The number of hydrogen-bond acceptors (Lipinski definition) is 6. The molecule has 140 valence electrons. The normalized spacial score (nSPS) is 11.3. The van der Waals surface area contributed by atoms with E-state index in [1.807, 2.05) is 0 Å². The number of H-pyrrole nitrogens is 1. The molecular formula is C19H23N7O. The molecule has 3 aromatic heterocycles. The molecule has 0 fully saturated rings. The van der Waals surface area contributed by atoms with E-state index in [0.717, 1.165) is 24.3 Å². The Kier molecular flexibility index (Phi) is 4.88. The van der Waals surface area contributed by atoms with E-state index >= 15 is 0 Å². The Morgan fingerprint density at radius 3 is 2.93 bits per heavy atom. The van der Waals surface area contributed by atoms with Crippen LogP contribution in [0, 0.1) is 0 Å². The number of benzene rings is 1. The average Bonchev–Trinajstić information content (AvgIpc) is 3.27. The Balaban J connectivity index is 1.48. The molecule has 1 aromatic carbocycles. The molecule has 8 heteroatoms. The zero-order valence-corrected chi connectivity index (χ0v) is 15.5. The lowest BCUT2D eigenvalue weighted by molar-refractivity contribution is 0.210. The topological polar surface area (TPSA) is 92.7 Å². The maximum absolute atomic E-state index is 5.09. The number of imidazole rings is 1. The third-order valence-electron chi connectivity index (χ3n) is 4.54. The van der Waals surface area contributed by atoms with Crippen molar-refractivity contribution in [3.05, 3.63) is 42.4 Å². The minimum absolute atomic E-state index is 0.565. The molecule has 0 radical (unpaired) electrons.